The van der Waals surface area contributed by atoms with Gasteiger partial charge in [-0.2, -0.15) is 4.57 Å². The van der Waals surface area contributed by atoms with Crippen LogP contribution < -0.4 is 4.57 Å². The van der Waals surface area contributed by atoms with E-state index in [1.165, 1.54) is 0 Å². The van der Waals surface area contributed by atoms with Crippen molar-refractivity contribution in [1.29, 1.82) is 0 Å². The van der Waals surface area contributed by atoms with Gasteiger partial charge in [-0.1, -0.05) is 24.3 Å². The summed E-state index contributed by atoms with van der Waals surface area (Å²) in [5.74, 6) is 0. The molecule has 0 spiro atoms. The Morgan fingerprint density at radius 3 is 2.58 bits per heavy atom. The maximum Gasteiger partial charge on any atom is 0.229 e. The predicted octanol–water partition coefficient (Wildman–Crippen LogP) is 5.86. The maximum absolute atomic E-state index is 7.78. The monoisotopic (exact) mass is 344 g/mol. The molecule has 0 aliphatic rings. The third kappa shape index (κ3) is 2.16. The van der Waals surface area contributed by atoms with E-state index in [-0.39, 0.29) is 0 Å². The van der Waals surface area contributed by atoms with Crippen LogP contribution >= 0.6 is 0 Å². The number of nitrogens with zero attached hydrogens (tertiary/aromatic N) is 2. The Morgan fingerprint density at radius 2 is 1.85 bits per heavy atom. The van der Waals surface area contributed by atoms with E-state index in [1.807, 2.05) is 50.6 Å². The lowest BCUT2D eigenvalue weighted by molar-refractivity contribution is -0.667. The van der Waals surface area contributed by atoms with E-state index >= 15 is 0 Å². The highest BCUT2D eigenvalue weighted by Crippen LogP contribution is 2.41. The van der Waals surface area contributed by atoms with Crippen molar-refractivity contribution in [2.75, 3.05) is 0 Å². The smallest absolute Gasteiger partial charge is 0.229 e. The maximum atomic E-state index is 7.78. The molecule has 0 aliphatic carbocycles. The molecule has 4 aromatic rings. The Labute approximate surface area is 157 Å². The molecule has 0 unspecified atom stereocenters. The number of hydrogen-bond acceptors (Lipinski definition) is 1. The van der Waals surface area contributed by atoms with Gasteiger partial charge in [0.05, 0.1) is 12.1 Å². The molecular weight excluding hydrogens is 320 g/mol. The average molecular weight is 344 g/mol. The predicted molar refractivity (Wildman–Crippen MR) is 106 cm³/mol. The molecule has 0 atom stereocenters. The summed E-state index contributed by atoms with van der Waals surface area (Å²) in [6.45, 7) is 11.2. The first-order chi connectivity index (χ1) is 13.6. The number of aromatic nitrogens is 1. The molecule has 0 saturated carbocycles. The van der Waals surface area contributed by atoms with Crippen LogP contribution in [0.3, 0.4) is 0 Å². The number of para-hydroxylation sites is 1. The highest BCUT2D eigenvalue weighted by molar-refractivity contribution is 6.14. The van der Waals surface area contributed by atoms with Crippen LogP contribution in [0.15, 0.2) is 40.8 Å². The minimum absolute atomic E-state index is 0.338. The van der Waals surface area contributed by atoms with E-state index in [0.717, 1.165) is 38.7 Å². The number of rotatable bonds is 1. The Kier molecular flexibility index (Phi) is 2.88. The van der Waals surface area contributed by atoms with Gasteiger partial charge in [0, 0.05) is 33.4 Å². The fraction of sp³-hybridized carbons (Fsp3) is 0.217. The summed E-state index contributed by atoms with van der Waals surface area (Å²) in [7, 11) is 1.87. The lowest BCUT2D eigenvalue weighted by atomic mass is 9.96. The zero-order chi connectivity index (χ0) is 21.1. The van der Waals surface area contributed by atoms with Crippen molar-refractivity contribution in [2.45, 2.75) is 27.6 Å². The van der Waals surface area contributed by atoms with Crippen molar-refractivity contribution in [3.8, 4) is 11.3 Å². The molecule has 3 heteroatoms. The van der Waals surface area contributed by atoms with Crippen LogP contribution in [-0.2, 0) is 7.05 Å². The summed E-state index contributed by atoms with van der Waals surface area (Å²) in [6, 6.07) is 11.2. The zero-order valence-electron chi connectivity index (χ0n) is 18.3. The average Bonchev–Trinajstić information content (AvgIpc) is 3.03. The summed E-state index contributed by atoms with van der Waals surface area (Å²) in [5, 5.41) is 1.91. The largest absolute Gasteiger partial charge is 0.466 e. The van der Waals surface area contributed by atoms with Gasteiger partial charge in [0.25, 0.3) is 0 Å². The number of benzene rings is 2. The van der Waals surface area contributed by atoms with Gasteiger partial charge >= 0.3 is 0 Å². The molecule has 4 rings (SSSR count). The minimum Gasteiger partial charge on any atom is -0.466 e. The molecule has 0 amide bonds. The van der Waals surface area contributed by atoms with E-state index in [9.17, 15) is 0 Å². The first-order valence-electron chi connectivity index (χ1n) is 9.98. The summed E-state index contributed by atoms with van der Waals surface area (Å²) in [4.78, 5) is 3.61. The summed E-state index contributed by atoms with van der Waals surface area (Å²) in [6.07, 6.45) is 0. The van der Waals surface area contributed by atoms with Gasteiger partial charge in [0.2, 0.25) is 11.4 Å². The van der Waals surface area contributed by atoms with Gasteiger partial charge < -0.3 is 4.42 Å². The lowest BCUT2D eigenvalue weighted by Gasteiger charge is -2.10. The molecule has 2 aromatic heterocycles. The minimum atomic E-state index is -2.16. The molecule has 0 radical (unpaired) electrons. The van der Waals surface area contributed by atoms with Gasteiger partial charge in [0.15, 0.2) is 5.69 Å². The number of furan rings is 1. The Balaban J connectivity index is 2.13. The normalized spacial score (nSPS) is 13.4. The van der Waals surface area contributed by atoms with Crippen molar-refractivity contribution in [1.82, 2.24) is 0 Å². The number of aryl methyl sites for hydroxylation is 3. The van der Waals surface area contributed by atoms with Gasteiger partial charge in [-0.15, -0.1) is 0 Å². The van der Waals surface area contributed by atoms with Crippen molar-refractivity contribution in [3.05, 3.63) is 70.2 Å². The summed E-state index contributed by atoms with van der Waals surface area (Å²) < 4.78 is 31.5. The SMILES string of the molecule is [2H]C([2H])([2H])c1ccc(-c2c(C)cc(C)c3c2oc2c([N+]#[C-])cccc23)[n+](C)c1C. The molecule has 128 valence electrons. The zero-order valence-corrected chi connectivity index (χ0v) is 15.3. The molecule has 2 aromatic carbocycles. The highest BCUT2D eigenvalue weighted by atomic mass is 16.3. The number of hydrogen-bond donors (Lipinski definition) is 0. The van der Waals surface area contributed by atoms with Gasteiger partial charge in [-0.25, -0.2) is 4.85 Å². The van der Waals surface area contributed by atoms with E-state index in [4.69, 9.17) is 15.1 Å². The van der Waals surface area contributed by atoms with E-state index < -0.39 is 6.85 Å². The third-order valence-electron chi connectivity index (χ3n) is 5.18. The highest BCUT2D eigenvalue weighted by Gasteiger charge is 2.24. The quantitative estimate of drug-likeness (QED) is 0.313. The van der Waals surface area contributed by atoms with Crippen LogP contribution in [0.2, 0.25) is 0 Å². The Hall–Kier alpha value is -3.12. The van der Waals surface area contributed by atoms with E-state index in [1.54, 1.807) is 12.1 Å². The van der Waals surface area contributed by atoms with E-state index in [0.29, 0.717) is 22.5 Å². The van der Waals surface area contributed by atoms with Gasteiger partial charge in [-0.3, -0.25) is 0 Å². The van der Waals surface area contributed by atoms with Crippen LogP contribution in [0, 0.1) is 34.2 Å². The fourth-order valence-electron chi connectivity index (χ4n) is 3.73. The molecule has 0 bridgehead atoms. The summed E-state index contributed by atoms with van der Waals surface area (Å²) >= 11 is 0. The molecule has 26 heavy (non-hydrogen) atoms. The summed E-state index contributed by atoms with van der Waals surface area (Å²) in [5.41, 5.74) is 6.74. The third-order valence-corrected chi connectivity index (χ3v) is 5.18. The molecule has 3 nitrogen and oxygen atoms in total. The van der Waals surface area contributed by atoms with Crippen molar-refractivity contribution in [3.63, 3.8) is 0 Å². The molecule has 0 aliphatic heterocycles. The van der Waals surface area contributed by atoms with Crippen LogP contribution in [-0.4, -0.2) is 0 Å². The van der Waals surface area contributed by atoms with Crippen molar-refractivity contribution < 1.29 is 13.1 Å². The molecule has 2 heterocycles. The second-order valence-corrected chi connectivity index (χ2v) is 6.73. The van der Waals surface area contributed by atoms with Crippen LogP contribution in [0.5, 0.6) is 0 Å². The van der Waals surface area contributed by atoms with Crippen molar-refractivity contribution >= 4 is 27.6 Å². The molecular formula is C23H21N2O+. The van der Waals surface area contributed by atoms with Crippen LogP contribution in [0.1, 0.15) is 26.5 Å². The van der Waals surface area contributed by atoms with Crippen molar-refractivity contribution in [2.24, 2.45) is 7.05 Å². The lowest BCUT2D eigenvalue weighted by Crippen LogP contribution is -2.35. The second-order valence-electron chi connectivity index (χ2n) is 6.73. The second kappa shape index (κ2) is 5.71. The number of pyridine rings is 1. The first-order valence-corrected chi connectivity index (χ1v) is 8.48. The molecule has 0 fully saturated rings. The van der Waals surface area contributed by atoms with Gasteiger partial charge in [0.1, 0.15) is 18.2 Å². The van der Waals surface area contributed by atoms with Crippen LogP contribution in [0.4, 0.5) is 5.69 Å². The fourth-order valence-corrected chi connectivity index (χ4v) is 3.73. The molecule has 0 N–H and O–H groups in total. The Morgan fingerprint density at radius 1 is 1.04 bits per heavy atom. The standard InChI is InChI=1S/C23H21N2O/c1-13-10-11-19(25(6)16(13)4)21-15(3)12-14(2)20-17-8-7-9-18(24-5)22(17)26-23(20)21/h7-12H,1-4,6H3/q+1/i1D3. The molecule has 0 saturated heterocycles. The topological polar surface area (TPSA) is 21.4 Å². The first kappa shape index (κ1) is 13.1. The number of fused-ring (bicyclic) bond motifs is 3. The van der Waals surface area contributed by atoms with Crippen LogP contribution in [0.25, 0.3) is 38.0 Å². The van der Waals surface area contributed by atoms with E-state index in [2.05, 4.69) is 10.9 Å². The van der Waals surface area contributed by atoms with Gasteiger partial charge in [-0.05, 0) is 37.9 Å². The Bertz CT molecular complexity index is 1340.